The van der Waals surface area contributed by atoms with Gasteiger partial charge in [-0.3, -0.25) is 0 Å². The fourth-order valence-corrected chi connectivity index (χ4v) is 6.95. The van der Waals surface area contributed by atoms with Crippen LogP contribution in [0, 0.1) is 0 Å². The molecule has 46 heavy (non-hydrogen) atoms. The average Bonchev–Trinajstić information content (AvgIpc) is 3.04. The van der Waals surface area contributed by atoms with E-state index in [0.29, 0.717) is 44.3 Å². The van der Waals surface area contributed by atoms with Gasteiger partial charge < -0.3 is 11.5 Å². The number of benzene rings is 6. The van der Waals surface area contributed by atoms with Crippen molar-refractivity contribution >= 4 is 75.3 Å². The van der Waals surface area contributed by atoms with E-state index in [1.807, 2.05) is 24.3 Å². The molecule has 0 aliphatic carbocycles. The molecule has 4 N–H and O–H groups in total. The summed E-state index contributed by atoms with van der Waals surface area (Å²) in [5, 5.41) is 19.4. The smallest absolute Gasteiger partial charge is 0.176 e. The Morgan fingerprint density at radius 2 is 0.783 bits per heavy atom. The number of hydrogen-bond acceptors (Lipinski definition) is 10. The Kier molecular flexibility index (Phi) is 7.84. The molecule has 10 nitrogen and oxygen atoms in total. The summed E-state index contributed by atoms with van der Waals surface area (Å²) in [5.41, 5.74) is 16.8. The zero-order valence-corrected chi connectivity index (χ0v) is 26.4. The van der Waals surface area contributed by atoms with Gasteiger partial charge in [0, 0.05) is 34.1 Å². The molecule has 6 aromatic rings. The average molecular weight is 649 g/mol. The Morgan fingerprint density at radius 3 is 1.11 bits per heavy atom. The van der Waals surface area contributed by atoms with E-state index in [1.54, 1.807) is 72.8 Å². The third kappa shape index (κ3) is 6.08. The van der Waals surface area contributed by atoms with Crippen LogP contribution in [0.3, 0.4) is 0 Å². The van der Waals surface area contributed by atoms with Gasteiger partial charge >= 0.3 is 0 Å². The fraction of sp³-hybridized carbons (Fsp3) is 0.0588. The highest BCUT2D eigenvalue weighted by atomic mass is 32.2. The first kappa shape index (κ1) is 30.6. The predicted molar refractivity (Wildman–Crippen MR) is 183 cm³/mol. The van der Waals surface area contributed by atoms with Crippen LogP contribution in [-0.2, 0) is 19.7 Å². The summed E-state index contributed by atoms with van der Waals surface area (Å²) in [6, 6.07) is 31.7. The van der Waals surface area contributed by atoms with Gasteiger partial charge in [0.05, 0.1) is 32.5 Å². The molecule has 0 heterocycles. The van der Waals surface area contributed by atoms with Crippen LogP contribution in [0.4, 0.5) is 34.1 Å². The van der Waals surface area contributed by atoms with Crippen molar-refractivity contribution in [3.63, 3.8) is 0 Å². The minimum Gasteiger partial charge on any atom is -0.396 e. The third-order valence-electron chi connectivity index (χ3n) is 7.47. The van der Waals surface area contributed by atoms with E-state index in [-0.39, 0.29) is 21.2 Å². The second kappa shape index (κ2) is 11.8. The van der Waals surface area contributed by atoms with Crippen molar-refractivity contribution < 1.29 is 16.8 Å². The first-order valence-corrected chi connectivity index (χ1v) is 17.7. The van der Waals surface area contributed by atoms with Gasteiger partial charge in [0.15, 0.2) is 19.7 Å². The maximum atomic E-state index is 12.4. The van der Waals surface area contributed by atoms with Crippen LogP contribution >= 0.6 is 0 Å². The van der Waals surface area contributed by atoms with Crippen molar-refractivity contribution in [1.82, 2.24) is 0 Å². The number of nitrogens with zero attached hydrogens (tertiary/aromatic N) is 4. The molecule has 0 atom stereocenters. The lowest BCUT2D eigenvalue weighted by molar-refractivity contribution is 0.601. The first-order valence-electron chi connectivity index (χ1n) is 14.0. The van der Waals surface area contributed by atoms with E-state index >= 15 is 0 Å². The molecule has 0 spiro atoms. The minimum atomic E-state index is -3.52. The summed E-state index contributed by atoms with van der Waals surface area (Å²) >= 11 is 0. The number of rotatable bonds is 7. The number of azo groups is 2. The molecule has 0 amide bonds. The molecule has 6 aromatic carbocycles. The Bertz CT molecular complexity index is 2250. The maximum absolute atomic E-state index is 12.4. The van der Waals surface area contributed by atoms with Crippen molar-refractivity contribution in [1.29, 1.82) is 0 Å². The van der Waals surface area contributed by atoms with Crippen LogP contribution in [0.1, 0.15) is 0 Å². The molecule has 230 valence electrons. The molecular weight excluding hydrogens is 621 g/mol. The highest BCUT2D eigenvalue weighted by Crippen LogP contribution is 2.38. The third-order valence-corrected chi connectivity index (χ3v) is 9.74. The van der Waals surface area contributed by atoms with Crippen molar-refractivity contribution in [3.05, 3.63) is 109 Å². The van der Waals surface area contributed by atoms with Crippen molar-refractivity contribution in [3.8, 4) is 11.1 Å². The molecule has 0 aromatic heterocycles. The van der Waals surface area contributed by atoms with Gasteiger partial charge in [-0.25, -0.2) is 16.8 Å². The Labute approximate surface area is 266 Å². The number of nitrogens with two attached hydrogens (primary N) is 2. The lowest BCUT2D eigenvalue weighted by atomic mass is 10.1. The molecule has 0 radical (unpaired) electrons. The van der Waals surface area contributed by atoms with Crippen LogP contribution in [-0.4, -0.2) is 29.3 Å². The highest BCUT2D eigenvalue weighted by molar-refractivity contribution is 7.91. The normalized spacial score (nSPS) is 12.5. The lowest BCUT2D eigenvalue weighted by Gasteiger charge is -2.10. The van der Waals surface area contributed by atoms with Gasteiger partial charge in [0.1, 0.15) is 11.4 Å². The maximum Gasteiger partial charge on any atom is 0.176 e. The van der Waals surface area contributed by atoms with Gasteiger partial charge in [-0.15, -0.1) is 10.2 Å². The zero-order valence-electron chi connectivity index (χ0n) is 24.8. The molecule has 12 heteroatoms. The number of sulfone groups is 2. The number of fused-ring (bicyclic) bond motifs is 2. The van der Waals surface area contributed by atoms with E-state index in [9.17, 15) is 16.8 Å². The van der Waals surface area contributed by atoms with Crippen LogP contribution in [0.5, 0.6) is 0 Å². The Balaban J connectivity index is 1.22. The molecule has 0 fully saturated rings. The van der Waals surface area contributed by atoms with Gasteiger partial charge in [0.25, 0.3) is 0 Å². The monoisotopic (exact) mass is 648 g/mol. The predicted octanol–water partition coefficient (Wildman–Crippen LogP) is 8.46. The van der Waals surface area contributed by atoms with Gasteiger partial charge in [-0.2, -0.15) is 10.2 Å². The number of nitrogen functional groups attached to an aromatic ring is 2. The summed E-state index contributed by atoms with van der Waals surface area (Å²) in [4.78, 5) is 0.285. The van der Waals surface area contributed by atoms with Crippen molar-refractivity contribution in [2.45, 2.75) is 9.79 Å². The molecule has 0 saturated carbocycles. The summed E-state index contributed by atoms with van der Waals surface area (Å²) < 4.78 is 49.7. The van der Waals surface area contributed by atoms with E-state index < -0.39 is 19.7 Å². The van der Waals surface area contributed by atoms with E-state index in [4.69, 9.17) is 11.5 Å². The molecular formula is C34H28N6O4S2. The highest BCUT2D eigenvalue weighted by Gasteiger charge is 2.18. The second-order valence-electron chi connectivity index (χ2n) is 10.7. The van der Waals surface area contributed by atoms with Crippen molar-refractivity contribution in [2.24, 2.45) is 20.5 Å². The van der Waals surface area contributed by atoms with Crippen LogP contribution < -0.4 is 11.5 Å². The molecule has 0 unspecified atom stereocenters. The van der Waals surface area contributed by atoms with Gasteiger partial charge in [-0.1, -0.05) is 72.8 Å². The van der Waals surface area contributed by atoms with Gasteiger partial charge in [0.2, 0.25) is 0 Å². The molecule has 0 saturated heterocycles. The topological polar surface area (TPSA) is 170 Å². The number of anilines is 2. The van der Waals surface area contributed by atoms with E-state index in [1.165, 1.54) is 12.1 Å². The summed E-state index contributed by atoms with van der Waals surface area (Å²) in [6.07, 6.45) is 2.30. The Hall–Kier alpha value is -5.46. The zero-order chi connectivity index (χ0) is 32.6. The summed E-state index contributed by atoms with van der Waals surface area (Å²) in [7, 11) is -7.05. The largest absolute Gasteiger partial charge is 0.396 e. The molecule has 0 bridgehead atoms. The summed E-state index contributed by atoms with van der Waals surface area (Å²) in [6.45, 7) is 0. The van der Waals surface area contributed by atoms with Crippen LogP contribution in [0.2, 0.25) is 0 Å². The van der Waals surface area contributed by atoms with E-state index in [2.05, 4.69) is 20.5 Å². The number of hydrogen-bond donors (Lipinski definition) is 2. The molecule has 6 rings (SSSR count). The van der Waals surface area contributed by atoms with E-state index in [0.717, 1.165) is 23.6 Å². The molecule has 0 aliphatic rings. The Morgan fingerprint density at radius 1 is 0.457 bits per heavy atom. The standard InChI is InChI=1S/C34H28N6O4S2/c1-45(41,42)31-19-29(33(35)27-9-5-3-7-25(27)31)39-37-23-15-11-21(12-16-23)22-13-17-24(18-14-22)38-40-30-20-32(46(2,43)44)26-8-4-6-10-28(26)34(30)36/h3-20H,35-36H2,1-2H3/b39-37+,40-38+. The first-order chi connectivity index (χ1) is 21.9. The second-order valence-corrected chi connectivity index (χ2v) is 14.7. The lowest BCUT2D eigenvalue weighted by Crippen LogP contribution is -2.00. The van der Waals surface area contributed by atoms with Crippen LogP contribution in [0.25, 0.3) is 32.7 Å². The summed E-state index contributed by atoms with van der Waals surface area (Å²) in [5.74, 6) is 0. The molecule has 0 aliphatic heterocycles. The SMILES string of the molecule is CS(=O)(=O)c1cc(/N=N/c2ccc(-c3ccc(/N=N/c4cc(S(C)(=O)=O)c5ccccc5c4N)cc3)cc2)c(N)c2ccccc12. The van der Waals surface area contributed by atoms with Crippen LogP contribution in [0.15, 0.2) is 139 Å². The van der Waals surface area contributed by atoms with Crippen molar-refractivity contribution in [2.75, 3.05) is 24.0 Å². The quantitative estimate of drug-likeness (QED) is 0.130. The minimum absolute atomic E-state index is 0.143. The van der Waals surface area contributed by atoms with Gasteiger partial charge in [-0.05, 0) is 47.5 Å². The fourth-order valence-electron chi connectivity index (χ4n) is 5.14.